The van der Waals surface area contributed by atoms with Crippen molar-refractivity contribution in [3.8, 4) is 23.0 Å². The van der Waals surface area contributed by atoms with Gasteiger partial charge in [-0.1, -0.05) is 31.9 Å². The number of anilines is 1. The van der Waals surface area contributed by atoms with Crippen LogP contribution in [0.4, 0.5) is 36.6 Å². The monoisotopic (exact) mass is 831 g/mol. The topological polar surface area (TPSA) is 144 Å². The van der Waals surface area contributed by atoms with E-state index in [2.05, 4.69) is 32.1 Å². The number of aryl methyl sites for hydroxylation is 1. The second-order valence-corrected chi connectivity index (χ2v) is 16.4. The van der Waals surface area contributed by atoms with Crippen LogP contribution in [0.2, 0.25) is 0 Å². The van der Waals surface area contributed by atoms with Crippen LogP contribution in [0.1, 0.15) is 79.0 Å². The van der Waals surface area contributed by atoms with Crippen molar-refractivity contribution in [3.63, 3.8) is 0 Å². The summed E-state index contributed by atoms with van der Waals surface area (Å²) in [6, 6.07) is 9.21. The van der Waals surface area contributed by atoms with Crippen LogP contribution in [0.3, 0.4) is 0 Å². The Balaban J connectivity index is 1.39. The van der Waals surface area contributed by atoms with Crippen LogP contribution in [0.25, 0.3) is 22.0 Å². The second kappa shape index (κ2) is 14.4. The van der Waals surface area contributed by atoms with Gasteiger partial charge in [-0.2, -0.15) is 32.1 Å². The van der Waals surface area contributed by atoms with Crippen molar-refractivity contribution in [1.82, 2.24) is 29.9 Å². The first-order valence-corrected chi connectivity index (χ1v) is 20.0. The highest BCUT2D eigenvalue weighted by atomic mass is 32.2. The number of hydrogen-bond acceptors (Lipinski definition) is 7. The fourth-order valence-corrected chi connectivity index (χ4v) is 8.10. The third-order valence-electron chi connectivity index (χ3n) is 10.5. The van der Waals surface area contributed by atoms with E-state index >= 15 is 8.78 Å². The van der Waals surface area contributed by atoms with E-state index in [4.69, 9.17) is 4.98 Å². The molecule has 3 N–H and O–H groups in total. The van der Waals surface area contributed by atoms with E-state index in [0.29, 0.717) is 27.2 Å². The summed E-state index contributed by atoms with van der Waals surface area (Å²) < 4.78 is 131. The molecule has 1 amide bonds. The molecule has 1 unspecified atom stereocenters. The van der Waals surface area contributed by atoms with Gasteiger partial charge < -0.3 is 10.4 Å². The van der Waals surface area contributed by atoms with Crippen LogP contribution in [0.15, 0.2) is 48.5 Å². The lowest BCUT2D eigenvalue weighted by atomic mass is 9.93. The predicted molar refractivity (Wildman–Crippen MR) is 198 cm³/mol. The molecule has 19 heteroatoms. The minimum atomic E-state index is -5.07. The Bertz CT molecular complexity index is 2620. The molecule has 0 aliphatic heterocycles. The summed E-state index contributed by atoms with van der Waals surface area (Å²) in [6.45, 7) is 2.39. The molecule has 3 atom stereocenters. The van der Waals surface area contributed by atoms with E-state index in [1.807, 2.05) is 0 Å². The first-order valence-electron chi connectivity index (χ1n) is 18.1. The number of sulfonamides is 1. The number of carbonyl (C=O) groups excluding carboxylic acids is 1. The molecule has 2 aliphatic carbocycles. The second-order valence-electron chi connectivity index (χ2n) is 14.6. The summed E-state index contributed by atoms with van der Waals surface area (Å²) in [5.74, 6) is -3.43. The first kappa shape index (κ1) is 40.7. The number of aromatic nitrogens is 5. The molecule has 11 nitrogen and oxygen atoms in total. The number of hydrogen-bond donors (Lipinski definition) is 3. The van der Waals surface area contributed by atoms with E-state index < -0.39 is 86.6 Å². The number of aliphatic hydroxyl groups is 1. The summed E-state index contributed by atoms with van der Waals surface area (Å²) in [5, 5.41) is 21.7. The van der Waals surface area contributed by atoms with Crippen LogP contribution >= 0.6 is 0 Å². The van der Waals surface area contributed by atoms with Crippen molar-refractivity contribution in [2.75, 3.05) is 11.0 Å². The number of para-hydroxylation sites is 1. The maximum atomic E-state index is 15.4. The lowest BCUT2D eigenvalue weighted by Crippen LogP contribution is -2.35. The van der Waals surface area contributed by atoms with Gasteiger partial charge in [0.2, 0.25) is 15.9 Å². The number of carbonyl (C=O) groups is 1. The van der Waals surface area contributed by atoms with Crippen LogP contribution in [0.5, 0.6) is 0 Å². The Labute approximate surface area is 327 Å². The predicted octanol–water partition coefficient (Wildman–Crippen LogP) is 6.71. The zero-order valence-electron chi connectivity index (χ0n) is 31.3. The Kier molecular flexibility index (Phi) is 10.1. The Morgan fingerprint density at radius 3 is 2.38 bits per heavy atom. The van der Waals surface area contributed by atoms with Crippen LogP contribution < -0.4 is 10.0 Å². The molecule has 3 heterocycles. The largest absolute Gasteiger partial charge is 0.435 e. The summed E-state index contributed by atoms with van der Waals surface area (Å²) >= 11 is 0. The van der Waals surface area contributed by atoms with Gasteiger partial charge in [0.1, 0.15) is 35.2 Å². The summed E-state index contributed by atoms with van der Waals surface area (Å²) in [5.41, 5.74) is -3.34. The Morgan fingerprint density at radius 2 is 1.74 bits per heavy atom. The average molecular weight is 832 g/mol. The Hall–Kier alpha value is -5.48. The molecule has 0 radical (unpaired) electrons. The van der Waals surface area contributed by atoms with E-state index in [0.717, 1.165) is 18.4 Å². The number of fused-ring (bicyclic) bond motifs is 4. The van der Waals surface area contributed by atoms with Gasteiger partial charge in [-0.05, 0) is 73.4 Å². The molecule has 1 saturated carbocycles. The number of pyridine rings is 1. The average Bonchev–Trinajstić information content (AvgIpc) is 3.68. The first-order chi connectivity index (χ1) is 27.1. The Morgan fingerprint density at radius 1 is 1.05 bits per heavy atom. The molecule has 2 aromatic carbocycles. The third-order valence-corrected chi connectivity index (χ3v) is 11.0. The fourth-order valence-electron chi connectivity index (χ4n) is 7.60. The molecule has 2 aliphatic rings. The zero-order chi connectivity index (χ0) is 42.1. The molecule has 5 aromatic rings. The number of halogens is 7. The van der Waals surface area contributed by atoms with Gasteiger partial charge in [0.25, 0.3) is 5.92 Å². The van der Waals surface area contributed by atoms with Crippen molar-refractivity contribution in [2.24, 2.45) is 13.0 Å². The standard InChI is InChI=1S/C39H36F7N7O4S/c1-5-37(55,6-2)13-12-23-10-11-24(25-8-7-9-26-33(25)52(3)50-36(26)51-58(4,56)57)32(47-23)29(16-20-14-21(40)17-22(41)15-20)48-30(54)19-53-35-31(34(49-53)39(44,45)46)27-18-28(27)38(35,42)43/h7-11,14-15,17,27-29,55H,5-6,16,18-19H2,1-4H3,(H,48,54)(H,50,51)/t27-,28?,29-/m0/s1. The number of nitrogens with zero attached hydrogens (tertiary/aromatic N) is 5. The maximum Gasteiger partial charge on any atom is 0.435 e. The molecule has 7 rings (SSSR count). The normalized spacial score (nSPS) is 17.7. The third kappa shape index (κ3) is 7.74. The quantitative estimate of drug-likeness (QED) is 0.0992. The highest BCUT2D eigenvalue weighted by molar-refractivity contribution is 7.92. The van der Waals surface area contributed by atoms with Crippen molar-refractivity contribution < 1.29 is 49.1 Å². The molecular weight excluding hydrogens is 796 g/mol. The minimum Gasteiger partial charge on any atom is -0.378 e. The van der Waals surface area contributed by atoms with E-state index in [9.17, 15) is 40.3 Å². The van der Waals surface area contributed by atoms with Crippen molar-refractivity contribution in [2.45, 2.75) is 75.7 Å². The van der Waals surface area contributed by atoms with Gasteiger partial charge >= 0.3 is 6.18 Å². The van der Waals surface area contributed by atoms with Crippen LogP contribution in [-0.4, -0.2) is 55.8 Å². The van der Waals surface area contributed by atoms with Crippen LogP contribution in [-0.2, 0) is 46.9 Å². The minimum absolute atomic E-state index is 0.00299. The molecule has 0 bridgehead atoms. The van der Waals surface area contributed by atoms with Gasteiger partial charge in [0, 0.05) is 41.1 Å². The molecule has 3 aromatic heterocycles. The summed E-state index contributed by atoms with van der Waals surface area (Å²) in [6.07, 6.45) is -4.11. The fraction of sp³-hybridized carbons (Fsp3) is 0.385. The number of amides is 1. The molecule has 306 valence electrons. The van der Waals surface area contributed by atoms with Crippen molar-refractivity contribution in [3.05, 3.63) is 94.1 Å². The lowest BCUT2D eigenvalue weighted by Gasteiger charge is -2.23. The summed E-state index contributed by atoms with van der Waals surface area (Å²) in [4.78, 5) is 18.7. The van der Waals surface area contributed by atoms with Gasteiger partial charge in [-0.25, -0.2) is 22.2 Å². The molecule has 58 heavy (non-hydrogen) atoms. The van der Waals surface area contributed by atoms with E-state index in [1.54, 1.807) is 45.2 Å². The maximum absolute atomic E-state index is 15.4. The van der Waals surface area contributed by atoms with Gasteiger partial charge in [-0.3, -0.25) is 18.9 Å². The SMILES string of the molecule is CCC(O)(C#Cc1ccc(-c2cccc3c(NS(C)(=O)=O)nn(C)c23)c([C@H](Cc2cc(F)cc(F)c2)NC(=O)Cn2nc(C(F)(F)F)c3c2C(F)(F)C2C[C@H]32)n1)CC. The van der Waals surface area contributed by atoms with E-state index in [-0.39, 0.29) is 54.0 Å². The molecule has 0 saturated heterocycles. The van der Waals surface area contributed by atoms with E-state index in [1.165, 1.54) is 10.7 Å². The van der Waals surface area contributed by atoms with Gasteiger partial charge in [0.05, 0.1) is 23.5 Å². The number of benzene rings is 2. The zero-order valence-corrected chi connectivity index (χ0v) is 32.2. The van der Waals surface area contributed by atoms with Gasteiger partial charge in [0.15, 0.2) is 11.5 Å². The summed E-state index contributed by atoms with van der Waals surface area (Å²) in [7, 11) is -2.23. The highest BCUT2D eigenvalue weighted by Crippen LogP contribution is 2.68. The highest BCUT2D eigenvalue weighted by Gasteiger charge is 2.68. The molecule has 0 spiro atoms. The molecule has 1 fully saturated rings. The smallest absolute Gasteiger partial charge is 0.378 e. The molecular formula is C39H36F7N7O4S. The van der Waals surface area contributed by atoms with Crippen molar-refractivity contribution >= 4 is 32.7 Å². The number of nitrogens with one attached hydrogen (secondary N) is 2. The van der Waals surface area contributed by atoms with Crippen molar-refractivity contribution in [1.29, 1.82) is 0 Å². The van der Waals surface area contributed by atoms with Gasteiger partial charge in [-0.15, -0.1) is 0 Å². The number of alkyl halides is 5. The van der Waals surface area contributed by atoms with Crippen LogP contribution in [0, 0.1) is 29.4 Å². The lowest BCUT2D eigenvalue weighted by molar-refractivity contribution is -0.142. The number of rotatable bonds is 11.